The Bertz CT molecular complexity index is 1340. The van der Waals surface area contributed by atoms with Crippen LogP contribution in [-0.4, -0.2) is 26.9 Å². The molecule has 4 rings (SSSR count). The Morgan fingerprint density at radius 2 is 1.81 bits per heavy atom. The highest BCUT2D eigenvalue weighted by molar-refractivity contribution is 6.31. The monoisotopic (exact) mass is 433 g/mol. The Morgan fingerprint density at radius 1 is 1.06 bits per heavy atom. The molecule has 3 aromatic carbocycles. The first-order chi connectivity index (χ1) is 15.0. The summed E-state index contributed by atoms with van der Waals surface area (Å²) in [5, 5.41) is 2.96. The van der Waals surface area contributed by atoms with Crippen LogP contribution in [0.15, 0.2) is 65.5 Å². The van der Waals surface area contributed by atoms with Crippen LogP contribution >= 0.6 is 11.6 Å². The molecule has 6 heteroatoms. The molecule has 0 aliphatic heterocycles. The van der Waals surface area contributed by atoms with Crippen LogP contribution in [0.25, 0.3) is 21.7 Å². The average molecular weight is 434 g/mol. The van der Waals surface area contributed by atoms with Crippen molar-refractivity contribution in [3.8, 4) is 0 Å². The van der Waals surface area contributed by atoms with Gasteiger partial charge < -0.3 is 4.90 Å². The number of hydrogen-bond acceptors (Lipinski definition) is 3. The Balaban J connectivity index is 1.83. The average Bonchev–Trinajstić information content (AvgIpc) is 2.78. The maximum atomic E-state index is 13.6. The summed E-state index contributed by atoms with van der Waals surface area (Å²) in [6.07, 6.45) is 0. The second kappa shape index (κ2) is 8.52. The molecule has 0 aliphatic carbocycles. The van der Waals surface area contributed by atoms with Crippen LogP contribution in [0, 0.1) is 0 Å². The first kappa shape index (κ1) is 21.1. The van der Waals surface area contributed by atoms with Crippen molar-refractivity contribution in [1.29, 1.82) is 0 Å². The molecule has 0 bridgehead atoms. The van der Waals surface area contributed by atoms with E-state index in [4.69, 9.17) is 16.6 Å². The van der Waals surface area contributed by atoms with Gasteiger partial charge in [0.25, 0.3) is 11.5 Å². The summed E-state index contributed by atoms with van der Waals surface area (Å²) in [4.78, 5) is 33.2. The highest BCUT2D eigenvalue weighted by Crippen LogP contribution is 2.26. The van der Waals surface area contributed by atoms with Crippen molar-refractivity contribution in [2.24, 2.45) is 0 Å². The number of amides is 1. The molecule has 0 spiro atoms. The van der Waals surface area contributed by atoms with E-state index in [1.165, 1.54) is 0 Å². The number of rotatable bonds is 5. The Kier molecular flexibility index (Phi) is 5.79. The zero-order chi connectivity index (χ0) is 22.1. The number of nitrogens with zero attached hydrogens (tertiary/aromatic N) is 3. The number of fused-ring (bicyclic) bond motifs is 2. The van der Waals surface area contributed by atoms with Crippen LogP contribution in [0.2, 0.25) is 5.02 Å². The van der Waals surface area contributed by atoms with Crippen molar-refractivity contribution in [3.05, 3.63) is 87.4 Å². The molecule has 1 aromatic heterocycles. The fourth-order valence-electron chi connectivity index (χ4n) is 4.14. The molecular formula is C25H24ClN3O2. The molecule has 4 aromatic rings. The van der Waals surface area contributed by atoms with Gasteiger partial charge in [-0.3, -0.25) is 14.2 Å². The molecule has 0 aliphatic rings. The van der Waals surface area contributed by atoms with Gasteiger partial charge in [0.1, 0.15) is 5.82 Å². The summed E-state index contributed by atoms with van der Waals surface area (Å²) >= 11 is 6.14. The van der Waals surface area contributed by atoms with Gasteiger partial charge in [-0.1, -0.05) is 48.0 Å². The predicted molar refractivity (Wildman–Crippen MR) is 126 cm³/mol. The van der Waals surface area contributed by atoms with E-state index in [9.17, 15) is 9.59 Å². The smallest absolute Gasteiger partial charge is 0.261 e. The topological polar surface area (TPSA) is 55.2 Å². The predicted octanol–water partition coefficient (Wildman–Crippen LogP) is 5.45. The lowest BCUT2D eigenvalue weighted by Gasteiger charge is -2.29. The maximum Gasteiger partial charge on any atom is 0.261 e. The van der Waals surface area contributed by atoms with Gasteiger partial charge >= 0.3 is 0 Å². The van der Waals surface area contributed by atoms with Crippen LogP contribution in [0.4, 0.5) is 0 Å². The van der Waals surface area contributed by atoms with Crippen molar-refractivity contribution < 1.29 is 4.79 Å². The molecule has 0 N–H and O–H groups in total. The van der Waals surface area contributed by atoms with Gasteiger partial charge in [0.15, 0.2) is 0 Å². The molecule has 0 fully saturated rings. The lowest BCUT2D eigenvalue weighted by molar-refractivity contribution is 0.0693. The minimum Gasteiger partial charge on any atom is -0.329 e. The quantitative estimate of drug-likeness (QED) is 0.420. The summed E-state index contributed by atoms with van der Waals surface area (Å²) in [6.45, 7) is 6.70. The van der Waals surface area contributed by atoms with Crippen LogP contribution in [0.1, 0.15) is 43.0 Å². The van der Waals surface area contributed by atoms with Gasteiger partial charge in [0.2, 0.25) is 0 Å². The number of carbonyl (C=O) groups excluding carboxylic acids is 1. The standard InChI is InChI=1S/C25H24ClN3O2/c1-4-28(24(30)20-12-8-10-17-9-6-7-11-19(17)20)16(3)23-27-22-15-18(26)13-14-21(22)25(31)29(23)5-2/h6-16H,4-5H2,1-3H3. The SMILES string of the molecule is CCN(C(=O)c1cccc2ccccc12)C(C)c1nc2cc(Cl)ccc2c(=O)n1CC. The Labute approximate surface area is 185 Å². The molecule has 1 atom stereocenters. The summed E-state index contributed by atoms with van der Waals surface area (Å²) in [5.74, 6) is 0.465. The van der Waals surface area contributed by atoms with Crippen LogP contribution in [0.5, 0.6) is 0 Å². The number of benzene rings is 3. The summed E-state index contributed by atoms with van der Waals surface area (Å²) < 4.78 is 1.64. The van der Waals surface area contributed by atoms with Crippen molar-refractivity contribution in [2.45, 2.75) is 33.4 Å². The third kappa shape index (κ3) is 3.70. The van der Waals surface area contributed by atoms with E-state index in [1.54, 1.807) is 27.7 Å². The highest BCUT2D eigenvalue weighted by Gasteiger charge is 2.26. The second-order valence-electron chi connectivity index (χ2n) is 7.47. The molecule has 1 unspecified atom stereocenters. The minimum absolute atomic E-state index is 0.0881. The normalized spacial score (nSPS) is 12.3. The van der Waals surface area contributed by atoms with Crippen molar-refractivity contribution in [3.63, 3.8) is 0 Å². The minimum atomic E-state index is -0.396. The molecule has 0 saturated carbocycles. The molecule has 158 valence electrons. The van der Waals surface area contributed by atoms with Crippen molar-refractivity contribution >= 4 is 39.2 Å². The Hall–Kier alpha value is -3.18. The lowest BCUT2D eigenvalue weighted by Crippen LogP contribution is -2.37. The first-order valence-corrected chi connectivity index (χ1v) is 10.8. The largest absolute Gasteiger partial charge is 0.329 e. The Morgan fingerprint density at radius 3 is 2.55 bits per heavy atom. The first-order valence-electron chi connectivity index (χ1n) is 10.4. The fraction of sp³-hybridized carbons (Fsp3) is 0.240. The third-order valence-electron chi connectivity index (χ3n) is 5.73. The van der Waals surface area contributed by atoms with Crippen molar-refractivity contribution in [2.75, 3.05) is 6.54 Å². The van der Waals surface area contributed by atoms with E-state index in [-0.39, 0.29) is 11.5 Å². The van der Waals surface area contributed by atoms with Gasteiger partial charge in [0.05, 0.1) is 16.9 Å². The highest BCUT2D eigenvalue weighted by atomic mass is 35.5. The van der Waals surface area contributed by atoms with Gasteiger partial charge in [-0.05, 0) is 55.8 Å². The van der Waals surface area contributed by atoms with Crippen LogP contribution in [0.3, 0.4) is 0 Å². The zero-order valence-electron chi connectivity index (χ0n) is 17.8. The third-order valence-corrected chi connectivity index (χ3v) is 5.96. The summed E-state index contributed by atoms with van der Waals surface area (Å²) in [5.41, 5.74) is 1.05. The number of halogens is 1. The van der Waals surface area contributed by atoms with E-state index < -0.39 is 6.04 Å². The molecule has 0 saturated heterocycles. The number of hydrogen-bond donors (Lipinski definition) is 0. The molecule has 5 nitrogen and oxygen atoms in total. The number of carbonyl (C=O) groups is 1. The van der Waals surface area contributed by atoms with E-state index in [0.29, 0.717) is 40.4 Å². The number of aromatic nitrogens is 2. The van der Waals surface area contributed by atoms with E-state index in [1.807, 2.05) is 63.2 Å². The van der Waals surface area contributed by atoms with Gasteiger partial charge in [-0.15, -0.1) is 0 Å². The van der Waals surface area contributed by atoms with E-state index in [2.05, 4.69) is 0 Å². The maximum absolute atomic E-state index is 13.6. The molecule has 31 heavy (non-hydrogen) atoms. The van der Waals surface area contributed by atoms with Gasteiger partial charge in [-0.25, -0.2) is 4.98 Å². The van der Waals surface area contributed by atoms with Gasteiger partial charge in [0, 0.05) is 23.7 Å². The van der Waals surface area contributed by atoms with Crippen LogP contribution < -0.4 is 5.56 Å². The fourth-order valence-corrected chi connectivity index (χ4v) is 4.30. The van der Waals surface area contributed by atoms with E-state index in [0.717, 1.165) is 10.8 Å². The zero-order valence-corrected chi connectivity index (χ0v) is 18.6. The van der Waals surface area contributed by atoms with Crippen LogP contribution in [-0.2, 0) is 6.54 Å². The summed E-state index contributed by atoms with van der Waals surface area (Å²) in [7, 11) is 0. The molecule has 1 heterocycles. The lowest BCUT2D eigenvalue weighted by atomic mass is 10.0. The molecule has 1 amide bonds. The molecular weight excluding hydrogens is 410 g/mol. The van der Waals surface area contributed by atoms with Gasteiger partial charge in [-0.2, -0.15) is 0 Å². The second-order valence-corrected chi connectivity index (χ2v) is 7.91. The summed E-state index contributed by atoms with van der Waals surface area (Å²) in [6, 6.07) is 18.3. The van der Waals surface area contributed by atoms with E-state index >= 15 is 0 Å². The molecule has 0 radical (unpaired) electrons. The van der Waals surface area contributed by atoms with Crippen molar-refractivity contribution in [1.82, 2.24) is 14.5 Å².